The zero-order valence-corrected chi connectivity index (χ0v) is 14.4. The summed E-state index contributed by atoms with van der Waals surface area (Å²) in [7, 11) is 0. The molecule has 1 saturated heterocycles. The van der Waals surface area contributed by atoms with Crippen LogP contribution in [0.1, 0.15) is 12.8 Å². The average Bonchev–Trinajstić information content (AvgIpc) is 3.09. The van der Waals surface area contributed by atoms with Crippen molar-refractivity contribution in [2.45, 2.75) is 19.0 Å². The van der Waals surface area contributed by atoms with E-state index in [9.17, 15) is 4.39 Å². The van der Waals surface area contributed by atoms with Crippen molar-refractivity contribution in [2.24, 2.45) is 0 Å². The van der Waals surface area contributed by atoms with Crippen molar-refractivity contribution in [3.05, 3.63) is 53.8 Å². The van der Waals surface area contributed by atoms with Gasteiger partial charge in [0.1, 0.15) is 6.17 Å². The van der Waals surface area contributed by atoms with Crippen molar-refractivity contribution in [1.82, 2.24) is 15.2 Å². The van der Waals surface area contributed by atoms with Gasteiger partial charge in [0.05, 0.1) is 11.3 Å². The molecule has 0 aliphatic carbocycles. The third-order valence-electron chi connectivity index (χ3n) is 4.57. The molecule has 1 aromatic carbocycles. The lowest BCUT2D eigenvalue weighted by molar-refractivity contribution is 0.277. The Morgan fingerprint density at radius 1 is 1.00 bits per heavy atom. The Bertz CT molecular complexity index is 840. The predicted molar refractivity (Wildman–Crippen MR) is 98.6 cm³/mol. The van der Waals surface area contributed by atoms with Gasteiger partial charge in [0.25, 0.3) is 0 Å². The van der Waals surface area contributed by atoms with Gasteiger partial charge in [-0.05, 0) is 42.7 Å². The minimum absolute atomic E-state index is 0.541. The summed E-state index contributed by atoms with van der Waals surface area (Å²) >= 11 is 6.02. The highest BCUT2D eigenvalue weighted by atomic mass is 35.5. The van der Waals surface area contributed by atoms with Crippen molar-refractivity contribution in [3.63, 3.8) is 0 Å². The number of aromatic nitrogens is 3. The van der Waals surface area contributed by atoms with Gasteiger partial charge < -0.3 is 4.90 Å². The normalized spacial score (nSPS) is 15.5. The molecular formula is C19H18ClFN4. The van der Waals surface area contributed by atoms with Crippen LogP contribution < -0.4 is 4.90 Å². The molecule has 128 valence electrons. The fraction of sp³-hybridized carbons (Fsp3) is 0.263. The molecule has 1 fully saturated rings. The van der Waals surface area contributed by atoms with E-state index in [1.807, 2.05) is 36.4 Å². The molecule has 3 heterocycles. The summed E-state index contributed by atoms with van der Waals surface area (Å²) < 4.78 is 13.5. The van der Waals surface area contributed by atoms with Crippen LogP contribution in [0.3, 0.4) is 0 Å². The third-order valence-corrected chi connectivity index (χ3v) is 4.83. The van der Waals surface area contributed by atoms with Gasteiger partial charge >= 0.3 is 0 Å². The molecule has 2 aromatic heterocycles. The van der Waals surface area contributed by atoms with E-state index in [1.165, 1.54) is 0 Å². The van der Waals surface area contributed by atoms with Crippen molar-refractivity contribution < 1.29 is 4.39 Å². The molecule has 25 heavy (non-hydrogen) atoms. The van der Waals surface area contributed by atoms with E-state index in [0.29, 0.717) is 31.0 Å². The maximum absolute atomic E-state index is 13.5. The molecule has 0 saturated carbocycles. The van der Waals surface area contributed by atoms with Crippen molar-refractivity contribution in [1.29, 1.82) is 0 Å². The smallest absolute Gasteiger partial charge is 0.158 e. The van der Waals surface area contributed by atoms with Gasteiger partial charge in [-0.15, -0.1) is 0 Å². The summed E-state index contributed by atoms with van der Waals surface area (Å²) in [4.78, 5) is 6.26. The number of aromatic amines is 1. The number of piperidine rings is 1. The lowest BCUT2D eigenvalue weighted by atomic mass is 10.0. The predicted octanol–water partition coefficient (Wildman–Crippen LogP) is 4.73. The molecule has 1 aliphatic heterocycles. The Labute approximate surface area is 150 Å². The molecule has 0 bridgehead atoms. The minimum atomic E-state index is -0.713. The number of hydrogen-bond acceptors (Lipinski definition) is 3. The number of H-pyrrole nitrogens is 1. The summed E-state index contributed by atoms with van der Waals surface area (Å²) in [5.41, 5.74) is 3.99. The van der Waals surface area contributed by atoms with E-state index in [0.717, 1.165) is 28.2 Å². The van der Waals surface area contributed by atoms with Crippen LogP contribution in [0.5, 0.6) is 0 Å². The van der Waals surface area contributed by atoms with Crippen LogP contribution in [-0.4, -0.2) is 34.4 Å². The summed E-state index contributed by atoms with van der Waals surface area (Å²) in [5.74, 6) is 0.864. The van der Waals surface area contributed by atoms with Gasteiger partial charge in [-0.1, -0.05) is 23.7 Å². The van der Waals surface area contributed by atoms with Crippen LogP contribution in [-0.2, 0) is 0 Å². The molecule has 1 aliphatic rings. The van der Waals surface area contributed by atoms with Crippen LogP contribution in [0.25, 0.3) is 22.4 Å². The van der Waals surface area contributed by atoms with Crippen LogP contribution in [0.15, 0.2) is 48.8 Å². The Balaban J connectivity index is 1.81. The average molecular weight is 357 g/mol. The zero-order valence-electron chi connectivity index (χ0n) is 13.6. The maximum Gasteiger partial charge on any atom is 0.158 e. The van der Waals surface area contributed by atoms with Crippen LogP contribution in [0.4, 0.5) is 10.2 Å². The van der Waals surface area contributed by atoms with Crippen LogP contribution in [0, 0.1) is 0 Å². The van der Waals surface area contributed by atoms with E-state index in [1.54, 1.807) is 12.4 Å². The number of hydrogen-bond donors (Lipinski definition) is 1. The summed E-state index contributed by atoms with van der Waals surface area (Å²) in [6, 6.07) is 11.6. The first kappa shape index (κ1) is 16.1. The zero-order chi connectivity index (χ0) is 17.2. The number of nitrogens with one attached hydrogen (secondary N) is 1. The Kier molecular flexibility index (Phi) is 4.40. The summed E-state index contributed by atoms with van der Waals surface area (Å²) in [6.07, 6.45) is 3.91. The molecule has 0 spiro atoms. The molecule has 6 heteroatoms. The molecular weight excluding hydrogens is 339 g/mol. The standard InChI is InChI=1S/C19H18ClFN4/c20-15-3-1-14(2-4-15)18-17(13-5-9-22-10-6-13)19(24-23-18)25-11-7-16(21)8-12-25/h1-6,9-10,16H,7-8,11-12H2,(H,23,24). The molecule has 0 radical (unpaired) electrons. The fourth-order valence-corrected chi connectivity index (χ4v) is 3.36. The van der Waals surface area contributed by atoms with Gasteiger partial charge in [-0.25, -0.2) is 4.39 Å². The topological polar surface area (TPSA) is 44.8 Å². The van der Waals surface area contributed by atoms with Gasteiger partial charge in [0, 0.05) is 36.1 Å². The Morgan fingerprint density at radius 3 is 2.36 bits per heavy atom. The number of nitrogens with zero attached hydrogens (tertiary/aromatic N) is 3. The van der Waals surface area contributed by atoms with E-state index < -0.39 is 6.17 Å². The monoisotopic (exact) mass is 356 g/mol. The lowest BCUT2D eigenvalue weighted by Gasteiger charge is -2.29. The second-order valence-corrected chi connectivity index (χ2v) is 6.64. The SMILES string of the molecule is FC1CCN(c2n[nH]c(-c3ccc(Cl)cc3)c2-c2ccncc2)CC1. The quantitative estimate of drug-likeness (QED) is 0.737. The Morgan fingerprint density at radius 2 is 1.68 bits per heavy atom. The number of rotatable bonds is 3. The highest BCUT2D eigenvalue weighted by Crippen LogP contribution is 2.38. The van der Waals surface area contributed by atoms with Gasteiger partial charge in [0.15, 0.2) is 5.82 Å². The molecule has 0 atom stereocenters. The molecule has 4 nitrogen and oxygen atoms in total. The maximum atomic E-state index is 13.5. The minimum Gasteiger partial charge on any atom is -0.354 e. The third kappa shape index (κ3) is 3.24. The van der Waals surface area contributed by atoms with E-state index in [2.05, 4.69) is 20.1 Å². The summed E-state index contributed by atoms with van der Waals surface area (Å²) in [5, 5.41) is 8.43. The fourth-order valence-electron chi connectivity index (χ4n) is 3.24. The molecule has 0 amide bonds. The second-order valence-electron chi connectivity index (χ2n) is 6.20. The molecule has 1 N–H and O–H groups in total. The highest BCUT2D eigenvalue weighted by Gasteiger charge is 2.25. The van der Waals surface area contributed by atoms with Gasteiger partial charge in [0.2, 0.25) is 0 Å². The highest BCUT2D eigenvalue weighted by molar-refractivity contribution is 6.30. The van der Waals surface area contributed by atoms with Gasteiger partial charge in [-0.2, -0.15) is 5.10 Å². The Hall–Kier alpha value is -2.40. The second kappa shape index (κ2) is 6.84. The number of halogens is 2. The van der Waals surface area contributed by atoms with Gasteiger partial charge in [-0.3, -0.25) is 10.1 Å². The first-order valence-corrected chi connectivity index (χ1v) is 8.74. The number of benzene rings is 1. The lowest BCUT2D eigenvalue weighted by Crippen LogP contribution is -2.34. The molecule has 3 aromatic rings. The van der Waals surface area contributed by atoms with E-state index in [-0.39, 0.29) is 0 Å². The van der Waals surface area contributed by atoms with Crippen LogP contribution in [0.2, 0.25) is 5.02 Å². The van der Waals surface area contributed by atoms with Crippen molar-refractivity contribution in [3.8, 4) is 22.4 Å². The van der Waals surface area contributed by atoms with Crippen LogP contribution >= 0.6 is 11.6 Å². The number of anilines is 1. The van der Waals surface area contributed by atoms with Crippen molar-refractivity contribution in [2.75, 3.05) is 18.0 Å². The molecule has 0 unspecified atom stereocenters. The largest absolute Gasteiger partial charge is 0.354 e. The van der Waals surface area contributed by atoms with Crippen molar-refractivity contribution >= 4 is 17.4 Å². The number of alkyl halides is 1. The number of pyridine rings is 1. The van der Waals surface area contributed by atoms with E-state index >= 15 is 0 Å². The van der Waals surface area contributed by atoms with E-state index in [4.69, 9.17) is 11.6 Å². The summed E-state index contributed by atoms with van der Waals surface area (Å²) in [6.45, 7) is 1.34. The first-order chi connectivity index (χ1) is 12.2. The first-order valence-electron chi connectivity index (χ1n) is 8.36. The molecule has 4 rings (SSSR count).